The Balaban J connectivity index is 2.92. The molecule has 1 heterocycles. The molecule has 0 spiro atoms. The lowest BCUT2D eigenvalue weighted by atomic mass is 9.76. The van der Waals surface area contributed by atoms with Gasteiger partial charge in [0.1, 0.15) is 12.1 Å². The summed E-state index contributed by atoms with van der Waals surface area (Å²) in [5, 5.41) is 3.43. The summed E-state index contributed by atoms with van der Waals surface area (Å²) in [7, 11) is 0. The molecule has 1 N–H and O–H groups in total. The van der Waals surface area contributed by atoms with E-state index in [0.717, 1.165) is 10.3 Å². The van der Waals surface area contributed by atoms with E-state index < -0.39 is 0 Å². The lowest BCUT2D eigenvalue weighted by Gasteiger charge is -2.40. The maximum atomic E-state index is 4.21. The molecular formula is C11H18BrN3. The molecule has 84 valence electrons. The minimum absolute atomic E-state index is 0.0378. The highest BCUT2D eigenvalue weighted by atomic mass is 79.9. The first-order valence-electron chi connectivity index (χ1n) is 4.98. The van der Waals surface area contributed by atoms with Gasteiger partial charge in [0, 0.05) is 11.7 Å². The van der Waals surface area contributed by atoms with Crippen molar-refractivity contribution in [2.75, 3.05) is 5.32 Å². The molecule has 1 aromatic rings. The molecule has 0 radical (unpaired) electrons. The molecule has 0 atom stereocenters. The second kappa shape index (κ2) is 4.08. The van der Waals surface area contributed by atoms with E-state index in [2.05, 4.69) is 65.8 Å². The largest absolute Gasteiger partial charge is 0.364 e. The van der Waals surface area contributed by atoms with Crippen molar-refractivity contribution in [2.45, 2.75) is 40.2 Å². The Morgan fingerprint density at radius 1 is 1.20 bits per heavy atom. The summed E-state index contributed by atoms with van der Waals surface area (Å²) in [4.78, 5) is 8.15. The van der Waals surface area contributed by atoms with Crippen molar-refractivity contribution in [3.05, 3.63) is 17.0 Å². The van der Waals surface area contributed by atoms with Gasteiger partial charge in [-0.2, -0.15) is 0 Å². The maximum Gasteiger partial charge on any atom is 0.144 e. The molecular weight excluding hydrogens is 254 g/mol. The maximum absolute atomic E-state index is 4.21. The van der Waals surface area contributed by atoms with E-state index in [9.17, 15) is 0 Å². The van der Waals surface area contributed by atoms with Gasteiger partial charge in [-0.05, 0) is 35.2 Å². The van der Waals surface area contributed by atoms with Gasteiger partial charge in [-0.3, -0.25) is 0 Å². The Bertz CT molecular complexity index is 342. The first-order valence-corrected chi connectivity index (χ1v) is 5.77. The number of nitrogens with zero attached hydrogens (tertiary/aromatic N) is 2. The minimum Gasteiger partial charge on any atom is -0.364 e. The third kappa shape index (κ3) is 2.91. The normalized spacial score (nSPS) is 12.7. The number of halogens is 1. The predicted octanol–water partition coefficient (Wildman–Crippen LogP) is 3.48. The van der Waals surface area contributed by atoms with Gasteiger partial charge in [-0.15, -0.1) is 0 Å². The second-order valence-corrected chi connectivity index (χ2v) is 6.07. The molecule has 15 heavy (non-hydrogen) atoms. The van der Waals surface area contributed by atoms with E-state index in [1.165, 1.54) is 0 Å². The van der Waals surface area contributed by atoms with E-state index in [0.29, 0.717) is 0 Å². The monoisotopic (exact) mass is 271 g/mol. The standard InChI is InChI=1S/C11H18BrN3/c1-10(2,3)11(4,5)15-9-8(12)6-13-7-14-9/h6-7H,1-5H3,(H,13,14,15). The van der Waals surface area contributed by atoms with Crippen LogP contribution >= 0.6 is 15.9 Å². The summed E-state index contributed by atoms with van der Waals surface area (Å²) in [6, 6.07) is 0. The summed E-state index contributed by atoms with van der Waals surface area (Å²) in [5.74, 6) is 0.838. The summed E-state index contributed by atoms with van der Waals surface area (Å²) >= 11 is 3.43. The average Bonchev–Trinajstić information content (AvgIpc) is 2.06. The van der Waals surface area contributed by atoms with Crippen LogP contribution in [0.4, 0.5) is 5.82 Å². The Morgan fingerprint density at radius 3 is 2.27 bits per heavy atom. The van der Waals surface area contributed by atoms with Gasteiger partial charge in [-0.1, -0.05) is 20.8 Å². The first kappa shape index (κ1) is 12.4. The number of hydrogen-bond donors (Lipinski definition) is 1. The molecule has 1 aromatic heterocycles. The molecule has 0 unspecified atom stereocenters. The Kier molecular flexibility index (Phi) is 3.38. The highest BCUT2D eigenvalue weighted by Crippen LogP contribution is 2.33. The predicted molar refractivity (Wildman–Crippen MR) is 66.9 cm³/mol. The zero-order valence-electron chi connectivity index (χ0n) is 9.93. The fourth-order valence-electron chi connectivity index (χ4n) is 0.888. The molecule has 0 aromatic carbocycles. The van der Waals surface area contributed by atoms with E-state index in [1.54, 1.807) is 12.5 Å². The van der Waals surface area contributed by atoms with Crippen LogP contribution in [0.25, 0.3) is 0 Å². The lowest BCUT2D eigenvalue weighted by Crippen LogP contribution is -2.44. The molecule has 0 saturated heterocycles. The van der Waals surface area contributed by atoms with E-state index in [4.69, 9.17) is 0 Å². The van der Waals surface area contributed by atoms with E-state index >= 15 is 0 Å². The molecule has 0 aliphatic heterocycles. The number of nitrogens with one attached hydrogen (secondary N) is 1. The highest BCUT2D eigenvalue weighted by molar-refractivity contribution is 9.10. The van der Waals surface area contributed by atoms with Gasteiger partial charge in [0.15, 0.2) is 0 Å². The van der Waals surface area contributed by atoms with Gasteiger partial charge < -0.3 is 5.32 Å². The second-order valence-electron chi connectivity index (χ2n) is 5.22. The van der Waals surface area contributed by atoms with Crippen LogP contribution in [0.1, 0.15) is 34.6 Å². The molecule has 0 fully saturated rings. The zero-order valence-corrected chi connectivity index (χ0v) is 11.5. The molecule has 0 aliphatic carbocycles. The number of anilines is 1. The van der Waals surface area contributed by atoms with Gasteiger partial charge in [0.2, 0.25) is 0 Å². The first-order chi connectivity index (χ1) is 6.74. The fourth-order valence-corrected chi connectivity index (χ4v) is 1.21. The summed E-state index contributed by atoms with van der Waals surface area (Å²) < 4.78 is 0.891. The zero-order chi connectivity index (χ0) is 11.7. The SMILES string of the molecule is CC(C)(C)C(C)(C)Nc1ncncc1Br. The number of hydrogen-bond acceptors (Lipinski definition) is 3. The average molecular weight is 272 g/mol. The molecule has 1 rings (SSSR count). The van der Waals surface area contributed by atoms with Crippen molar-refractivity contribution >= 4 is 21.7 Å². The van der Waals surface area contributed by atoms with Crippen LogP contribution in [-0.2, 0) is 0 Å². The lowest BCUT2D eigenvalue weighted by molar-refractivity contribution is 0.253. The Labute approximate surface area is 99.8 Å². The van der Waals surface area contributed by atoms with Crippen molar-refractivity contribution < 1.29 is 0 Å². The topological polar surface area (TPSA) is 37.8 Å². The van der Waals surface area contributed by atoms with Crippen LogP contribution in [0.3, 0.4) is 0 Å². The van der Waals surface area contributed by atoms with Gasteiger partial charge in [0.25, 0.3) is 0 Å². The number of aromatic nitrogens is 2. The quantitative estimate of drug-likeness (QED) is 0.895. The van der Waals surface area contributed by atoms with Crippen LogP contribution in [0.15, 0.2) is 17.0 Å². The molecule has 0 aliphatic rings. The van der Waals surface area contributed by atoms with Crippen LogP contribution in [0.5, 0.6) is 0 Å². The fraction of sp³-hybridized carbons (Fsp3) is 0.636. The summed E-state index contributed by atoms with van der Waals surface area (Å²) in [5.41, 5.74) is 0.112. The molecule has 0 bridgehead atoms. The highest BCUT2D eigenvalue weighted by Gasteiger charge is 2.33. The Morgan fingerprint density at radius 2 is 1.80 bits per heavy atom. The Hall–Kier alpha value is -0.640. The molecule has 4 heteroatoms. The van der Waals surface area contributed by atoms with Crippen molar-refractivity contribution in [2.24, 2.45) is 5.41 Å². The molecule has 0 amide bonds. The van der Waals surface area contributed by atoms with Gasteiger partial charge >= 0.3 is 0 Å². The van der Waals surface area contributed by atoms with Gasteiger partial charge in [0.05, 0.1) is 4.47 Å². The molecule has 0 saturated carbocycles. The van der Waals surface area contributed by atoms with Crippen molar-refractivity contribution in [1.29, 1.82) is 0 Å². The summed E-state index contributed by atoms with van der Waals surface area (Å²) in [6.45, 7) is 10.9. The number of rotatable bonds is 2. The third-order valence-electron chi connectivity index (χ3n) is 2.97. The van der Waals surface area contributed by atoms with Crippen LogP contribution in [0.2, 0.25) is 0 Å². The van der Waals surface area contributed by atoms with Crippen LogP contribution < -0.4 is 5.32 Å². The minimum atomic E-state index is -0.0378. The third-order valence-corrected chi connectivity index (χ3v) is 3.55. The van der Waals surface area contributed by atoms with Crippen molar-refractivity contribution in [1.82, 2.24) is 9.97 Å². The summed E-state index contributed by atoms with van der Waals surface area (Å²) in [6.07, 6.45) is 3.29. The van der Waals surface area contributed by atoms with Crippen LogP contribution in [0, 0.1) is 5.41 Å². The van der Waals surface area contributed by atoms with E-state index in [1.807, 2.05) is 0 Å². The smallest absolute Gasteiger partial charge is 0.144 e. The van der Waals surface area contributed by atoms with E-state index in [-0.39, 0.29) is 11.0 Å². The molecule has 3 nitrogen and oxygen atoms in total. The van der Waals surface area contributed by atoms with Crippen molar-refractivity contribution in [3.63, 3.8) is 0 Å². The van der Waals surface area contributed by atoms with Gasteiger partial charge in [-0.25, -0.2) is 9.97 Å². The van der Waals surface area contributed by atoms with Crippen molar-refractivity contribution in [3.8, 4) is 0 Å². The van der Waals surface area contributed by atoms with Crippen LogP contribution in [-0.4, -0.2) is 15.5 Å².